The van der Waals surface area contributed by atoms with Crippen molar-refractivity contribution >= 4 is 5.96 Å². The number of aliphatic imine (C=N–C) groups is 1. The van der Waals surface area contributed by atoms with Gasteiger partial charge in [0.2, 0.25) is 0 Å². The molecule has 0 amide bonds. The molecule has 0 aromatic carbocycles. The van der Waals surface area contributed by atoms with E-state index in [2.05, 4.69) is 27.5 Å². The van der Waals surface area contributed by atoms with Crippen LogP contribution in [0, 0.1) is 0 Å². The molecule has 1 rings (SSSR count). The van der Waals surface area contributed by atoms with Crippen molar-refractivity contribution in [1.29, 1.82) is 0 Å². The van der Waals surface area contributed by atoms with E-state index in [1.807, 2.05) is 17.7 Å². The van der Waals surface area contributed by atoms with Gasteiger partial charge in [-0.25, -0.2) is 4.98 Å². The molecular weight excluding hydrogens is 230 g/mol. The lowest BCUT2D eigenvalue weighted by molar-refractivity contribution is 0.155. The number of guanidine groups is 1. The maximum Gasteiger partial charge on any atom is 0.191 e. The number of aromatic nitrogens is 2. The summed E-state index contributed by atoms with van der Waals surface area (Å²) in [4.78, 5) is 8.41. The maximum atomic E-state index is 5.25. The fourth-order valence-electron chi connectivity index (χ4n) is 1.43. The van der Waals surface area contributed by atoms with Crippen LogP contribution in [0.25, 0.3) is 0 Å². The zero-order chi connectivity index (χ0) is 13.1. The number of rotatable bonds is 8. The third-order valence-electron chi connectivity index (χ3n) is 2.28. The van der Waals surface area contributed by atoms with E-state index in [4.69, 9.17) is 4.74 Å². The van der Waals surface area contributed by atoms with E-state index in [0.29, 0.717) is 13.2 Å². The molecule has 1 aromatic heterocycles. The SMILES string of the molecule is CCNC(=NCCOCC)NCCn1ccnc1. The van der Waals surface area contributed by atoms with Gasteiger partial charge in [0.1, 0.15) is 0 Å². The minimum absolute atomic E-state index is 0.661. The van der Waals surface area contributed by atoms with Crippen LogP contribution >= 0.6 is 0 Å². The molecule has 0 radical (unpaired) electrons. The molecule has 2 N–H and O–H groups in total. The first-order valence-corrected chi connectivity index (χ1v) is 6.42. The van der Waals surface area contributed by atoms with Crippen molar-refractivity contribution in [1.82, 2.24) is 20.2 Å². The van der Waals surface area contributed by atoms with Crippen LogP contribution in [0.1, 0.15) is 13.8 Å². The fourth-order valence-corrected chi connectivity index (χ4v) is 1.43. The molecule has 0 atom stereocenters. The number of hydrogen-bond donors (Lipinski definition) is 2. The summed E-state index contributed by atoms with van der Waals surface area (Å²) < 4.78 is 7.27. The van der Waals surface area contributed by atoms with E-state index in [0.717, 1.165) is 32.2 Å². The molecule has 6 nitrogen and oxygen atoms in total. The molecular formula is C12H23N5O. The average Bonchev–Trinajstić information content (AvgIpc) is 2.87. The van der Waals surface area contributed by atoms with Gasteiger partial charge in [0.25, 0.3) is 0 Å². The van der Waals surface area contributed by atoms with Crippen LogP contribution in [0.15, 0.2) is 23.7 Å². The molecule has 1 heterocycles. The Morgan fingerprint density at radius 2 is 2.28 bits per heavy atom. The van der Waals surface area contributed by atoms with Gasteiger partial charge in [-0.1, -0.05) is 0 Å². The van der Waals surface area contributed by atoms with Crippen molar-refractivity contribution in [3.05, 3.63) is 18.7 Å². The second kappa shape index (κ2) is 9.47. The zero-order valence-electron chi connectivity index (χ0n) is 11.2. The molecule has 0 fully saturated rings. The van der Waals surface area contributed by atoms with E-state index in [-0.39, 0.29) is 0 Å². The molecule has 1 aromatic rings. The summed E-state index contributed by atoms with van der Waals surface area (Å²) in [6, 6.07) is 0. The predicted molar refractivity (Wildman–Crippen MR) is 72.7 cm³/mol. The first-order chi connectivity index (χ1) is 8.86. The summed E-state index contributed by atoms with van der Waals surface area (Å²) in [5.74, 6) is 0.831. The van der Waals surface area contributed by atoms with Gasteiger partial charge in [0.05, 0.1) is 19.5 Å². The van der Waals surface area contributed by atoms with E-state index < -0.39 is 0 Å². The second-order valence-corrected chi connectivity index (χ2v) is 3.68. The van der Waals surface area contributed by atoms with Crippen molar-refractivity contribution in [2.24, 2.45) is 4.99 Å². The van der Waals surface area contributed by atoms with Gasteiger partial charge in [0, 0.05) is 38.6 Å². The van der Waals surface area contributed by atoms with Gasteiger partial charge in [-0.3, -0.25) is 4.99 Å². The lowest BCUT2D eigenvalue weighted by atomic mass is 10.6. The van der Waals surface area contributed by atoms with Crippen molar-refractivity contribution in [2.75, 3.05) is 32.8 Å². The van der Waals surface area contributed by atoms with Gasteiger partial charge in [-0.2, -0.15) is 0 Å². The Balaban J connectivity index is 2.23. The highest BCUT2D eigenvalue weighted by atomic mass is 16.5. The molecule has 0 aliphatic carbocycles. The second-order valence-electron chi connectivity index (χ2n) is 3.68. The Hall–Kier alpha value is -1.56. The first kappa shape index (κ1) is 14.5. The third kappa shape index (κ3) is 6.24. The highest BCUT2D eigenvalue weighted by Crippen LogP contribution is 1.84. The molecule has 0 spiro atoms. The minimum atomic E-state index is 0.661. The summed E-state index contributed by atoms with van der Waals surface area (Å²) in [5.41, 5.74) is 0. The van der Waals surface area contributed by atoms with Crippen LogP contribution in [-0.2, 0) is 11.3 Å². The Morgan fingerprint density at radius 1 is 1.39 bits per heavy atom. The Morgan fingerprint density at radius 3 is 2.94 bits per heavy atom. The number of imidazole rings is 1. The van der Waals surface area contributed by atoms with Crippen molar-refractivity contribution in [3.8, 4) is 0 Å². The van der Waals surface area contributed by atoms with Crippen molar-refractivity contribution < 1.29 is 4.74 Å². The highest BCUT2D eigenvalue weighted by molar-refractivity contribution is 5.79. The van der Waals surface area contributed by atoms with Crippen LogP contribution in [0.4, 0.5) is 0 Å². The predicted octanol–water partition coefficient (Wildman–Crippen LogP) is 0.475. The summed E-state index contributed by atoms with van der Waals surface area (Å²) >= 11 is 0. The summed E-state index contributed by atoms with van der Waals surface area (Å²) in [5, 5.41) is 6.47. The Labute approximate surface area is 108 Å². The summed E-state index contributed by atoms with van der Waals surface area (Å²) in [6.45, 7) is 8.65. The molecule has 0 bridgehead atoms. The third-order valence-corrected chi connectivity index (χ3v) is 2.28. The number of ether oxygens (including phenoxy) is 1. The van der Waals surface area contributed by atoms with Gasteiger partial charge >= 0.3 is 0 Å². The van der Waals surface area contributed by atoms with Crippen molar-refractivity contribution in [3.63, 3.8) is 0 Å². The molecule has 18 heavy (non-hydrogen) atoms. The first-order valence-electron chi connectivity index (χ1n) is 6.42. The smallest absolute Gasteiger partial charge is 0.191 e. The maximum absolute atomic E-state index is 5.25. The fraction of sp³-hybridized carbons (Fsp3) is 0.667. The van der Waals surface area contributed by atoms with Gasteiger partial charge < -0.3 is 19.9 Å². The summed E-state index contributed by atoms with van der Waals surface area (Å²) in [6.07, 6.45) is 5.53. The van der Waals surface area contributed by atoms with Crippen LogP contribution in [0.5, 0.6) is 0 Å². The van der Waals surface area contributed by atoms with E-state index >= 15 is 0 Å². The lowest BCUT2D eigenvalue weighted by Crippen LogP contribution is -2.39. The largest absolute Gasteiger partial charge is 0.380 e. The summed E-state index contributed by atoms with van der Waals surface area (Å²) in [7, 11) is 0. The molecule has 102 valence electrons. The molecule has 0 saturated heterocycles. The quantitative estimate of drug-likeness (QED) is 0.402. The molecule has 0 aliphatic rings. The van der Waals surface area contributed by atoms with E-state index in [9.17, 15) is 0 Å². The van der Waals surface area contributed by atoms with Crippen LogP contribution < -0.4 is 10.6 Å². The van der Waals surface area contributed by atoms with E-state index in [1.54, 1.807) is 12.5 Å². The van der Waals surface area contributed by atoms with Crippen LogP contribution in [-0.4, -0.2) is 48.4 Å². The zero-order valence-corrected chi connectivity index (χ0v) is 11.2. The molecule has 0 aliphatic heterocycles. The van der Waals surface area contributed by atoms with Gasteiger partial charge in [-0.15, -0.1) is 0 Å². The number of nitrogens with one attached hydrogen (secondary N) is 2. The molecule has 0 unspecified atom stereocenters. The normalized spacial score (nSPS) is 11.6. The Kier molecular flexibility index (Phi) is 7.63. The van der Waals surface area contributed by atoms with Gasteiger partial charge in [0.15, 0.2) is 5.96 Å². The van der Waals surface area contributed by atoms with Gasteiger partial charge in [-0.05, 0) is 13.8 Å². The molecule has 0 saturated carbocycles. The van der Waals surface area contributed by atoms with Crippen molar-refractivity contribution in [2.45, 2.75) is 20.4 Å². The number of hydrogen-bond acceptors (Lipinski definition) is 3. The van der Waals surface area contributed by atoms with E-state index in [1.165, 1.54) is 0 Å². The Bertz CT molecular complexity index is 323. The topological polar surface area (TPSA) is 63.5 Å². The molecule has 6 heteroatoms. The van der Waals surface area contributed by atoms with Crippen LogP contribution in [0.3, 0.4) is 0 Å². The average molecular weight is 253 g/mol. The van der Waals surface area contributed by atoms with Crippen LogP contribution in [0.2, 0.25) is 0 Å². The number of nitrogens with zero attached hydrogens (tertiary/aromatic N) is 3. The standard InChI is InChI=1S/C12H23N5O/c1-3-14-12(16-7-10-18-4-2)15-6-9-17-8-5-13-11-17/h5,8,11H,3-4,6-7,9-10H2,1-2H3,(H2,14,15,16). The highest BCUT2D eigenvalue weighted by Gasteiger charge is 1.96. The monoisotopic (exact) mass is 253 g/mol. The minimum Gasteiger partial charge on any atom is -0.380 e. The lowest BCUT2D eigenvalue weighted by Gasteiger charge is -2.11.